The molecule has 9 nitrogen and oxygen atoms in total. The van der Waals surface area contributed by atoms with E-state index in [1.165, 1.54) is 28.5 Å². The number of carbonyl (C=O) groups is 1. The molecule has 1 heterocycles. The summed E-state index contributed by atoms with van der Waals surface area (Å²) in [6.07, 6.45) is 1.69. The van der Waals surface area contributed by atoms with Crippen LogP contribution in [0.25, 0.3) is 22.3 Å². The Bertz CT molecular complexity index is 2090. The van der Waals surface area contributed by atoms with Crippen molar-refractivity contribution in [2.24, 2.45) is 0 Å². The lowest BCUT2D eigenvalue weighted by Gasteiger charge is -2.21. The van der Waals surface area contributed by atoms with Crippen molar-refractivity contribution in [2.45, 2.75) is 59.1 Å². The van der Waals surface area contributed by atoms with Crippen molar-refractivity contribution < 1.29 is 24.5 Å². The van der Waals surface area contributed by atoms with E-state index in [4.69, 9.17) is 26.2 Å². The highest BCUT2D eigenvalue weighted by Crippen LogP contribution is 2.37. The molecule has 0 unspecified atom stereocenters. The van der Waals surface area contributed by atoms with E-state index in [1.807, 2.05) is 12.1 Å². The zero-order valence-electron chi connectivity index (χ0n) is 30.7. The zero-order valence-corrected chi connectivity index (χ0v) is 31.4. The van der Waals surface area contributed by atoms with Gasteiger partial charge in [-0.15, -0.1) is 0 Å². The van der Waals surface area contributed by atoms with Crippen molar-refractivity contribution in [3.05, 3.63) is 135 Å². The highest BCUT2D eigenvalue weighted by atomic mass is 35.5. The summed E-state index contributed by atoms with van der Waals surface area (Å²) >= 11 is 6.76. The molecule has 0 amide bonds. The van der Waals surface area contributed by atoms with E-state index < -0.39 is 12.1 Å². The molecule has 0 aliphatic rings. The number of nitrogens with zero attached hydrogens (tertiary/aromatic N) is 3. The molecule has 0 saturated carbocycles. The molecule has 0 bridgehead atoms. The molecule has 4 aromatic carbocycles. The number of aromatic nitrogens is 1. The van der Waals surface area contributed by atoms with Gasteiger partial charge in [0.1, 0.15) is 30.8 Å². The second-order valence-corrected chi connectivity index (χ2v) is 13.8. The molecule has 5 aromatic rings. The average Bonchev–Trinajstić information content (AvgIpc) is 3.14. The predicted octanol–water partition coefficient (Wildman–Crippen LogP) is 8.26. The minimum atomic E-state index is -1.08. The van der Waals surface area contributed by atoms with Crippen molar-refractivity contribution in [3.8, 4) is 39.8 Å². The number of hydrogen-bond acceptors (Lipinski definition) is 8. The van der Waals surface area contributed by atoms with Crippen LogP contribution in [0, 0.1) is 25.2 Å². The Kier molecular flexibility index (Phi) is 13.2. The molecular formula is C43H45ClN4O5. The van der Waals surface area contributed by atoms with Crippen LogP contribution >= 0.6 is 11.6 Å². The highest BCUT2D eigenvalue weighted by molar-refractivity contribution is 6.32. The van der Waals surface area contributed by atoms with Gasteiger partial charge in [0.05, 0.1) is 23.1 Å². The molecule has 0 spiro atoms. The quantitative estimate of drug-likeness (QED) is 0.0919. The smallest absolute Gasteiger partial charge is 0.306 e. The van der Waals surface area contributed by atoms with Gasteiger partial charge in [-0.2, -0.15) is 5.26 Å². The minimum absolute atomic E-state index is 0.0656. The topological polar surface area (TPSA) is 128 Å². The third-order valence-electron chi connectivity index (χ3n) is 9.47. The van der Waals surface area contributed by atoms with Gasteiger partial charge in [0.25, 0.3) is 0 Å². The van der Waals surface area contributed by atoms with Gasteiger partial charge >= 0.3 is 5.97 Å². The molecule has 0 saturated heterocycles. The third kappa shape index (κ3) is 10.0. The number of aliphatic hydroxyl groups excluding tert-OH is 1. The average molecular weight is 733 g/mol. The second kappa shape index (κ2) is 18.0. The Morgan fingerprint density at radius 2 is 1.58 bits per heavy atom. The van der Waals surface area contributed by atoms with Crippen molar-refractivity contribution in [1.82, 2.24) is 15.2 Å². The molecule has 10 heteroatoms. The Labute approximate surface area is 316 Å². The number of nitriles is 1. The molecule has 0 fully saturated rings. The number of carboxylic acid groups (broad SMARTS) is 1. The molecule has 0 aliphatic heterocycles. The van der Waals surface area contributed by atoms with Crippen molar-refractivity contribution in [1.29, 1.82) is 5.26 Å². The summed E-state index contributed by atoms with van der Waals surface area (Å²) in [5.41, 5.74) is 11.0. The van der Waals surface area contributed by atoms with E-state index in [-0.39, 0.29) is 32.7 Å². The number of nitrogens with one attached hydrogen (secondary N) is 1. The fraction of sp³-hybridized carbons (Fsp3) is 0.279. The Hall–Kier alpha value is -5.24. The maximum atomic E-state index is 11.0. The number of benzene rings is 4. The van der Waals surface area contributed by atoms with Gasteiger partial charge in [0, 0.05) is 48.7 Å². The Balaban J connectivity index is 1.37. The van der Waals surface area contributed by atoms with E-state index in [0.29, 0.717) is 39.3 Å². The summed E-state index contributed by atoms with van der Waals surface area (Å²) in [5.74, 6) is -0.175. The summed E-state index contributed by atoms with van der Waals surface area (Å²) in [7, 11) is 4.18. The third-order valence-corrected chi connectivity index (χ3v) is 9.77. The van der Waals surface area contributed by atoms with Crippen LogP contribution in [0.3, 0.4) is 0 Å². The first-order valence-corrected chi connectivity index (χ1v) is 17.8. The molecule has 274 valence electrons. The van der Waals surface area contributed by atoms with Gasteiger partial charge in [0.2, 0.25) is 0 Å². The monoisotopic (exact) mass is 732 g/mol. The predicted molar refractivity (Wildman–Crippen MR) is 208 cm³/mol. The normalized spacial score (nSPS) is 12.3. The molecular weight excluding hydrogens is 688 g/mol. The number of aliphatic hydroxyl groups is 1. The number of halogens is 1. The molecule has 53 heavy (non-hydrogen) atoms. The molecule has 5 rings (SSSR count). The van der Waals surface area contributed by atoms with Crippen molar-refractivity contribution >= 4 is 17.6 Å². The first kappa shape index (κ1) is 39.0. The SMILES string of the molecule is Cc1c(COc2cc(OCc3cncc(C#N)c3)c(CNC[C@@H](O)CC(=O)O)cc2Cl)cccc1-c1cccc(-c2ccc([C@H](C)N(C)C)cc2)c1C. The van der Waals surface area contributed by atoms with Crippen molar-refractivity contribution in [2.75, 3.05) is 20.6 Å². The molecule has 0 radical (unpaired) electrons. The van der Waals surface area contributed by atoms with E-state index in [9.17, 15) is 15.2 Å². The number of aliphatic carboxylic acids is 1. The number of rotatable bonds is 16. The van der Waals surface area contributed by atoms with Crippen LogP contribution in [0.15, 0.2) is 91.3 Å². The van der Waals surface area contributed by atoms with Crippen LogP contribution in [0.1, 0.15) is 58.3 Å². The first-order chi connectivity index (χ1) is 25.4. The Morgan fingerprint density at radius 3 is 2.28 bits per heavy atom. The van der Waals surface area contributed by atoms with Gasteiger partial charge in [-0.3, -0.25) is 9.78 Å². The standard InChI is InChI=1S/C43H45ClN4O5/c1-27-34(8-6-10-38(27)39-11-7-9-37(28(39)2)33-14-12-32(13-15-33)29(3)48(4)5)26-53-42-19-41(52-25-31-16-30(20-45)21-46-22-31)35(17-40(42)44)23-47-24-36(49)18-43(50)51/h6-17,19,21-22,29,36,47,49H,18,23-26H2,1-5H3,(H,50,51)/t29-,36-/m0/s1. The van der Waals surface area contributed by atoms with Crippen LogP contribution in [0.2, 0.25) is 5.02 Å². The maximum Gasteiger partial charge on any atom is 0.306 e. The van der Waals surface area contributed by atoms with Crippen LogP contribution in [0.4, 0.5) is 0 Å². The summed E-state index contributed by atoms with van der Waals surface area (Å²) in [6, 6.07) is 29.0. The van der Waals surface area contributed by atoms with E-state index in [0.717, 1.165) is 22.3 Å². The van der Waals surface area contributed by atoms with Gasteiger partial charge < -0.3 is 29.9 Å². The van der Waals surface area contributed by atoms with Crippen LogP contribution in [0.5, 0.6) is 11.5 Å². The summed E-state index contributed by atoms with van der Waals surface area (Å²) in [4.78, 5) is 17.3. The van der Waals surface area contributed by atoms with Crippen LogP contribution in [-0.2, 0) is 24.6 Å². The number of hydrogen-bond donors (Lipinski definition) is 3. The summed E-state index contributed by atoms with van der Waals surface area (Å²) in [5, 5.41) is 31.8. The van der Waals surface area contributed by atoms with E-state index in [2.05, 4.69) is 105 Å². The van der Waals surface area contributed by atoms with E-state index in [1.54, 1.807) is 24.4 Å². The minimum Gasteiger partial charge on any atom is -0.488 e. The van der Waals surface area contributed by atoms with Crippen LogP contribution < -0.4 is 14.8 Å². The largest absolute Gasteiger partial charge is 0.488 e. The van der Waals surface area contributed by atoms with Gasteiger partial charge in [0.15, 0.2) is 0 Å². The fourth-order valence-electron chi connectivity index (χ4n) is 6.16. The number of pyridine rings is 1. The zero-order chi connectivity index (χ0) is 38.1. The molecule has 3 N–H and O–H groups in total. The number of carboxylic acids is 1. The van der Waals surface area contributed by atoms with Gasteiger partial charge in [-0.1, -0.05) is 72.3 Å². The lowest BCUT2D eigenvalue weighted by Crippen LogP contribution is -2.28. The molecule has 2 atom stereocenters. The lowest BCUT2D eigenvalue weighted by atomic mass is 9.89. The van der Waals surface area contributed by atoms with E-state index >= 15 is 0 Å². The molecule has 1 aromatic heterocycles. The summed E-state index contributed by atoms with van der Waals surface area (Å²) in [6.45, 7) is 7.18. The van der Waals surface area contributed by atoms with Gasteiger partial charge in [-0.05, 0) is 91.5 Å². The fourth-order valence-corrected chi connectivity index (χ4v) is 6.40. The first-order valence-electron chi connectivity index (χ1n) is 17.4. The highest BCUT2D eigenvalue weighted by Gasteiger charge is 2.17. The van der Waals surface area contributed by atoms with Gasteiger partial charge in [-0.25, -0.2) is 0 Å². The number of ether oxygens (including phenoxy) is 2. The lowest BCUT2D eigenvalue weighted by molar-refractivity contribution is -0.139. The molecule has 0 aliphatic carbocycles. The van der Waals surface area contributed by atoms with Crippen molar-refractivity contribution in [3.63, 3.8) is 0 Å². The Morgan fingerprint density at radius 1 is 0.906 bits per heavy atom. The maximum absolute atomic E-state index is 11.0. The second-order valence-electron chi connectivity index (χ2n) is 13.4. The van der Waals surface area contributed by atoms with Crippen LogP contribution in [-0.4, -0.2) is 52.8 Å². The summed E-state index contributed by atoms with van der Waals surface area (Å²) < 4.78 is 12.5.